The highest BCUT2D eigenvalue weighted by atomic mass is 31.2. The Balaban J connectivity index is 1.22. The Hall–Kier alpha value is -4.56. The maximum absolute atomic E-state index is 15.8. The number of H-pyrrole nitrogens is 2. The normalized spacial score (nSPS) is 25.8. The van der Waals surface area contributed by atoms with Crippen molar-refractivity contribution in [3.05, 3.63) is 131 Å². The SMILES string of the molecule is COC1(OC(c2ccccc2)P(=O)(OC[C@H]2O[C@@H](n3cc(C)c(=O)[nH]c3=O)C[C@@H]2O)O[C@H]2C[C@H](n3cc(C)c(=O)[nH]c3=O)O[C@@H]2CO)CCN(c2ccccc2F)CC1. The number of methoxy groups -OCH3 is 1. The molecule has 2 aromatic heterocycles. The van der Waals surface area contributed by atoms with Crippen LogP contribution in [-0.4, -0.2) is 92.9 Å². The van der Waals surface area contributed by atoms with Crippen molar-refractivity contribution in [1.29, 1.82) is 0 Å². The zero-order valence-electron chi connectivity index (χ0n) is 32.6. The second-order valence-corrected chi connectivity index (χ2v) is 16.9. The molecule has 3 saturated heterocycles. The predicted octanol–water partition coefficient (Wildman–Crippen LogP) is 2.72. The lowest BCUT2D eigenvalue weighted by molar-refractivity contribution is -0.246. The minimum absolute atomic E-state index is 0.0768. The molecule has 7 rings (SSSR count). The maximum Gasteiger partial charge on any atom is 0.364 e. The Labute approximate surface area is 336 Å². The topological polar surface area (TPSA) is 226 Å². The zero-order valence-corrected chi connectivity index (χ0v) is 33.5. The summed E-state index contributed by atoms with van der Waals surface area (Å²) in [5, 5.41) is 21.6. The van der Waals surface area contributed by atoms with E-state index in [1.807, 2.05) is 4.90 Å². The molecule has 8 atom stereocenters. The van der Waals surface area contributed by atoms with Gasteiger partial charge in [-0.05, 0) is 31.5 Å². The number of ether oxygens (including phenoxy) is 4. The summed E-state index contributed by atoms with van der Waals surface area (Å²) in [6.45, 7) is 2.46. The number of aliphatic hydroxyl groups is 2. The molecular formula is C39H47FN5O13P. The number of aliphatic hydroxyl groups excluding tert-OH is 2. The number of anilines is 1. The predicted molar refractivity (Wildman–Crippen MR) is 209 cm³/mol. The van der Waals surface area contributed by atoms with E-state index in [1.165, 1.54) is 39.4 Å². The highest BCUT2D eigenvalue weighted by Crippen LogP contribution is 2.65. The van der Waals surface area contributed by atoms with Crippen molar-refractivity contribution in [2.75, 3.05) is 38.3 Å². The van der Waals surface area contributed by atoms with Crippen LogP contribution in [0.3, 0.4) is 0 Å². The number of aryl methyl sites for hydroxylation is 2. The van der Waals surface area contributed by atoms with E-state index in [1.54, 1.807) is 48.5 Å². The van der Waals surface area contributed by atoms with Crippen LogP contribution >= 0.6 is 7.60 Å². The molecule has 0 spiro atoms. The van der Waals surface area contributed by atoms with Gasteiger partial charge in [-0.25, -0.2) is 14.0 Å². The number of nitrogens with one attached hydrogen (secondary N) is 2. The standard InChI is InChI=1S/C39H47FN5O13P/c1-23-19-44(37(50)41-34(23)48)32-17-28(47)31(56-32)22-54-59(52,58-29-18-33(55-30(29)21-46)45-20-24(2)35(49)42-38(45)51)36(25-9-5-4-6-10-25)57-39(53-3)13-15-43(16-14-39)27-12-8-7-11-26(27)40/h4-12,19-20,28-33,36,46-47H,13-18,21-22H2,1-3H3,(H,41,48,50)(H,42,49,51)/t28-,29-,30+,31+,32+,33+,36?,59?/m0/s1. The number of benzene rings is 2. The lowest BCUT2D eigenvalue weighted by Crippen LogP contribution is -2.48. The summed E-state index contributed by atoms with van der Waals surface area (Å²) in [6.07, 6.45) is -3.95. The third kappa shape index (κ3) is 8.99. The number of halogens is 1. The van der Waals surface area contributed by atoms with Gasteiger partial charge in [-0.3, -0.25) is 33.3 Å². The quantitative estimate of drug-likeness (QED) is 0.106. The number of piperidine rings is 1. The minimum atomic E-state index is -4.72. The average Bonchev–Trinajstić information content (AvgIpc) is 3.81. The van der Waals surface area contributed by atoms with Crippen LogP contribution in [0, 0.1) is 19.7 Å². The molecule has 2 unspecified atom stereocenters. The van der Waals surface area contributed by atoms with E-state index in [2.05, 4.69) is 9.97 Å². The van der Waals surface area contributed by atoms with Gasteiger partial charge in [0.25, 0.3) is 11.1 Å². The van der Waals surface area contributed by atoms with Crippen molar-refractivity contribution in [2.24, 2.45) is 0 Å². The molecule has 318 valence electrons. The Bertz CT molecular complexity index is 2400. The molecule has 5 heterocycles. The Morgan fingerprint density at radius 1 is 0.881 bits per heavy atom. The van der Waals surface area contributed by atoms with Crippen molar-refractivity contribution in [2.45, 2.75) is 88.0 Å². The fourth-order valence-corrected chi connectivity index (χ4v) is 9.72. The fraction of sp³-hybridized carbons (Fsp3) is 0.487. The number of hydrogen-bond donors (Lipinski definition) is 4. The molecule has 59 heavy (non-hydrogen) atoms. The molecule has 4 aromatic rings. The van der Waals surface area contributed by atoms with Gasteiger partial charge in [-0.2, -0.15) is 0 Å². The first-order valence-electron chi connectivity index (χ1n) is 19.2. The number of aromatic nitrogens is 4. The van der Waals surface area contributed by atoms with E-state index in [4.69, 9.17) is 28.0 Å². The first kappa shape index (κ1) is 42.6. The first-order chi connectivity index (χ1) is 28.2. The maximum atomic E-state index is 15.8. The molecule has 3 fully saturated rings. The second kappa shape index (κ2) is 17.6. The lowest BCUT2D eigenvalue weighted by Gasteiger charge is -2.44. The second-order valence-electron chi connectivity index (χ2n) is 14.9. The third-order valence-electron chi connectivity index (χ3n) is 11.0. The van der Waals surface area contributed by atoms with Crippen molar-refractivity contribution < 1.29 is 47.2 Å². The van der Waals surface area contributed by atoms with Crippen molar-refractivity contribution in [1.82, 2.24) is 19.1 Å². The van der Waals surface area contributed by atoms with Gasteiger partial charge >= 0.3 is 19.0 Å². The van der Waals surface area contributed by atoms with Gasteiger partial charge in [0.1, 0.15) is 36.6 Å². The van der Waals surface area contributed by atoms with Crippen LogP contribution in [0.1, 0.15) is 60.7 Å². The number of hydrogen-bond acceptors (Lipinski definition) is 14. The van der Waals surface area contributed by atoms with Gasteiger partial charge in [0, 0.05) is 69.4 Å². The van der Waals surface area contributed by atoms with Gasteiger partial charge in [-0.15, -0.1) is 0 Å². The van der Waals surface area contributed by atoms with E-state index in [-0.39, 0.29) is 42.6 Å². The van der Waals surface area contributed by atoms with Crippen LogP contribution in [0.2, 0.25) is 0 Å². The molecule has 0 saturated carbocycles. The van der Waals surface area contributed by atoms with Crippen LogP contribution in [0.25, 0.3) is 0 Å². The molecule has 2 aromatic carbocycles. The van der Waals surface area contributed by atoms with Gasteiger partial charge in [0.15, 0.2) is 11.6 Å². The van der Waals surface area contributed by atoms with E-state index in [0.29, 0.717) is 24.3 Å². The summed E-state index contributed by atoms with van der Waals surface area (Å²) in [4.78, 5) is 56.0. The van der Waals surface area contributed by atoms with E-state index < -0.39 is 91.8 Å². The minimum Gasteiger partial charge on any atom is -0.394 e. The molecule has 3 aliphatic rings. The van der Waals surface area contributed by atoms with Crippen LogP contribution in [-0.2, 0) is 32.6 Å². The van der Waals surface area contributed by atoms with Gasteiger partial charge in [-0.1, -0.05) is 42.5 Å². The van der Waals surface area contributed by atoms with E-state index >= 15 is 4.57 Å². The Morgan fingerprint density at radius 2 is 1.46 bits per heavy atom. The highest BCUT2D eigenvalue weighted by molar-refractivity contribution is 7.54. The zero-order chi connectivity index (χ0) is 42.1. The lowest BCUT2D eigenvalue weighted by atomic mass is 10.0. The number of para-hydroxylation sites is 1. The molecule has 0 amide bonds. The van der Waals surface area contributed by atoms with Crippen molar-refractivity contribution in [3.8, 4) is 0 Å². The van der Waals surface area contributed by atoms with Crippen LogP contribution in [0.5, 0.6) is 0 Å². The summed E-state index contributed by atoms with van der Waals surface area (Å²) in [6, 6.07) is 14.8. The van der Waals surface area contributed by atoms with Crippen molar-refractivity contribution in [3.63, 3.8) is 0 Å². The van der Waals surface area contributed by atoms with Gasteiger partial charge in [0.05, 0.1) is 25.0 Å². The number of nitrogens with zero attached hydrogens (tertiary/aromatic N) is 3. The first-order valence-corrected chi connectivity index (χ1v) is 20.8. The molecule has 0 radical (unpaired) electrons. The third-order valence-corrected chi connectivity index (χ3v) is 13.0. The summed E-state index contributed by atoms with van der Waals surface area (Å²) in [7, 11) is -3.27. The molecule has 4 N–H and O–H groups in total. The van der Waals surface area contributed by atoms with Crippen LogP contribution in [0.15, 0.2) is 86.2 Å². The van der Waals surface area contributed by atoms with E-state index in [0.717, 1.165) is 9.13 Å². The molecule has 0 aliphatic carbocycles. The Morgan fingerprint density at radius 3 is 2.05 bits per heavy atom. The fourth-order valence-electron chi connectivity index (χ4n) is 7.60. The summed E-state index contributed by atoms with van der Waals surface area (Å²) < 4.78 is 70.4. The smallest absolute Gasteiger partial charge is 0.364 e. The number of rotatable bonds is 14. The average molecular weight is 844 g/mol. The molecule has 0 bridgehead atoms. The van der Waals surface area contributed by atoms with Crippen molar-refractivity contribution >= 4 is 13.3 Å². The largest absolute Gasteiger partial charge is 0.394 e. The molecule has 20 heteroatoms. The van der Waals surface area contributed by atoms with Crippen LogP contribution in [0.4, 0.5) is 10.1 Å². The molecular weight excluding hydrogens is 796 g/mol. The Kier molecular flexibility index (Phi) is 12.7. The number of aromatic amines is 2. The van der Waals surface area contributed by atoms with Gasteiger partial charge < -0.3 is 43.1 Å². The monoisotopic (exact) mass is 843 g/mol. The summed E-state index contributed by atoms with van der Waals surface area (Å²) >= 11 is 0. The summed E-state index contributed by atoms with van der Waals surface area (Å²) in [5.74, 6) is -3.30. The summed E-state index contributed by atoms with van der Waals surface area (Å²) in [5.41, 5.74) is -1.44. The van der Waals surface area contributed by atoms with Crippen LogP contribution < -0.4 is 27.4 Å². The van der Waals surface area contributed by atoms with Gasteiger partial charge in [0.2, 0.25) is 0 Å². The molecule has 3 aliphatic heterocycles. The highest BCUT2D eigenvalue weighted by Gasteiger charge is 2.51. The molecule has 18 nitrogen and oxygen atoms in total. The van der Waals surface area contributed by atoms with E-state index in [9.17, 15) is 33.8 Å².